The number of hydrogen-bond donors (Lipinski definition) is 2. The van der Waals surface area contributed by atoms with Crippen LogP contribution in [0.15, 0.2) is 62.2 Å². The van der Waals surface area contributed by atoms with E-state index in [1.54, 1.807) is 49.4 Å². The van der Waals surface area contributed by atoms with Crippen molar-refractivity contribution in [2.45, 2.75) is 19.6 Å². The lowest BCUT2D eigenvalue weighted by Crippen LogP contribution is -2.48. The van der Waals surface area contributed by atoms with Gasteiger partial charge in [-0.3, -0.25) is 25.0 Å². The molecule has 140 valence electrons. The van der Waals surface area contributed by atoms with E-state index >= 15 is 0 Å². The Bertz CT molecular complexity index is 1040. The van der Waals surface area contributed by atoms with Crippen molar-refractivity contribution in [3.05, 3.63) is 63.6 Å². The first-order valence-corrected chi connectivity index (χ1v) is 8.82. The fraction of sp³-hybridized carbons (Fsp3) is 0.167. The van der Waals surface area contributed by atoms with Crippen molar-refractivity contribution in [1.29, 1.82) is 0 Å². The third-order valence-corrected chi connectivity index (χ3v) is 4.17. The summed E-state index contributed by atoms with van der Waals surface area (Å²) in [5.41, 5.74) is 5.42. The monoisotopic (exact) mass is 433 g/mol. The summed E-state index contributed by atoms with van der Waals surface area (Å²) < 4.78 is 12.6. The summed E-state index contributed by atoms with van der Waals surface area (Å²) in [7, 11) is 0. The first-order valence-electron chi connectivity index (χ1n) is 8.03. The molecule has 1 unspecified atom stereocenters. The minimum Gasteiger partial charge on any atom is -0.481 e. The van der Waals surface area contributed by atoms with Gasteiger partial charge >= 0.3 is 5.76 Å². The van der Waals surface area contributed by atoms with Crippen LogP contribution in [0.25, 0.3) is 11.1 Å². The van der Waals surface area contributed by atoms with Crippen molar-refractivity contribution in [3.8, 4) is 5.75 Å². The van der Waals surface area contributed by atoms with Crippen LogP contribution in [0.5, 0.6) is 5.75 Å². The number of ether oxygens (including phenoxy) is 1. The van der Waals surface area contributed by atoms with Gasteiger partial charge in [0.1, 0.15) is 12.3 Å². The molecule has 2 amide bonds. The molecule has 0 spiro atoms. The molecule has 1 atom stereocenters. The molecule has 0 aliphatic carbocycles. The highest BCUT2D eigenvalue weighted by molar-refractivity contribution is 9.10. The minimum absolute atomic E-state index is 0.295. The zero-order valence-electron chi connectivity index (χ0n) is 14.3. The molecular weight excluding hydrogens is 418 g/mol. The van der Waals surface area contributed by atoms with Gasteiger partial charge < -0.3 is 9.15 Å². The number of benzene rings is 2. The van der Waals surface area contributed by atoms with E-state index in [1.807, 2.05) is 6.07 Å². The van der Waals surface area contributed by atoms with Crippen molar-refractivity contribution in [1.82, 2.24) is 15.4 Å². The number of nitrogens with one attached hydrogen (secondary N) is 2. The summed E-state index contributed by atoms with van der Waals surface area (Å²) in [5.74, 6) is -1.25. The number of nitrogens with zero attached hydrogens (tertiary/aromatic N) is 1. The number of hydrazine groups is 1. The summed E-state index contributed by atoms with van der Waals surface area (Å²) in [6.07, 6.45) is -0.836. The number of amides is 2. The second-order valence-corrected chi connectivity index (χ2v) is 6.59. The smallest absolute Gasteiger partial charge is 0.420 e. The molecule has 0 fully saturated rings. The molecule has 0 saturated heterocycles. The number of rotatable bonds is 5. The molecule has 0 radical (unpaired) electrons. The molecular formula is C18H16BrN3O5. The Morgan fingerprint density at radius 3 is 2.74 bits per heavy atom. The van der Waals surface area contributed by atoms with E-state index < -0.39 is 23.7 Å². The Morgan fingerprint density at radius 1 is 1.19 bits per heavy atom. The average molecular weight is 434 g/mol. The third-order valence-electron chi connectivity index (χ3n) is 3.68. The number of hydrogen-bond acceptors (Lipinski definition) is 5. The summed E-state index contributed by atoms with van der Waals surface area (Å²) >= 11 is 3.32. The van der Waals surface area contributed by atoms with Crippen LogP contribution < -0.4 is 21.3 Å². The van der Waals surface area contributed by atoms with E-state index in [1.165, 1.54) is 4.57 Å². The molecule has 2 N–H and O–H groups in total. The Morgan fingerprint density at radius 2 is 1.96 bits per heavy atom. The highest BCUT2D eigenvalue weighted by Gasteiger charge is 2.17. The second kappa shape index (κ2) is 8.09. The Labute approximate surface area is 162 Å². The molecule has 3 rings (SSSR count). The number of halogens is 1. The van der Waals surface area contributed by atoms with Crippen molar-refractivity contribution < 1.29 is 18.7 Å². The number of para-hydroxylation sites is 2. The van der Waals surface area contributed by atoms with E-state index in [-0.39, 0.29) is 6.54 Å². The predicted octanol–water partition coefficient (Wildman–Crippen LogP) is 1.97. The van der Waals surface area contributed by atoms with Crippen LogP contribution in [0, 0.1) is 0 Å². The summed E-state index contributed by atoms with van der Waals surface area (Å²) in [4.78, 5) is 36.0. The van der Waals surface area contributed by atoms with Crippen molar-refractivity contribution >= 4 is 38.8 Å². The molecule has 9 heteroatoms. The van der Waals surface area contributed by atoms with Crippen molar-refractivity contribution in [2.24, 2.45) is 0 Å². The van der Waals surface area contributed by atoms with Gasteiger partial charge in [0.15, 0.2) is 11.7 Å². The fourth-order valence-electron chi connectivity index (χ4n) is 2.38. The van der Waals surface area contributed by atoms with Crippen LogP contribution in [-0.4, -0.2) is 22.5 Å². The summed E-state index contributed by atoms with van der Waals surface area (Å²) in [5, 5.41) is 0. The van der Waals surface area contributed by atoms with E-state index in [0.717, 1.165) is 4.47 Å². The van der Waals surface area contributed by atoms with Gasteiger partial charge in [-0.2, -0.15) is 0 Å². The van der Waals surface area contributed by atoms with Gasteiger partial charge in [-0.1, -0.05) is 34.1 Å². The van der Waals surface area contributed by atoms with Gasteiger partial charge in [0.05, 0.1) is 5.52 Å². The SMILES string of the molecule is CC(Oc1cccc(Br)c1)C(=O)NNC(=O)Cn1c(=O)oc2ccccc21. The van der Waals surface area contributed by atoms with Crippen molar-refractivity contribution in [2.75, 3.05) is 0 Å². The standard InChI is InChI=1S/C18H16BrN3O5/c1-11(26-13-6-4-5-12(19)9-13)17(24)21-20-16(23)10-22-14-7-2-3-8-15(14)27-18(22)25/h2-9,11H,10H2,1H3,(H,20,23)(H,21,24). The zero-order chi connectivity index (χ0) is 19.4. The number of carbonyl (C=O) groups excluding carboxylic acids is 2. The molecule has 3 aromatic rings. The molecule has 27 heavy (non-hydrogen) atoms. The van der Waals surface area contributed by atoms with Gasteiger partial charge in [-0.05, 0) is 37.3 Å². The van der Waals surface area contributed by atoms with Gasteiger partial charge in [0, 0.05) is 4.47 Å². The van der Waals surface area contributed by atoms with Crippen LogP contribution in [0.3, 0.4) is 0 Å². The third kappa shape index (κ3) is 4.56. The largest absolute Gasteiger partial charge is 0.481 e. The number of carbonyl (C=O) groups is 2. The van der Waals surface area contributed by atoms with Crippen LogP contribution in [0.2, 0.25) is 0 Å². The van der Waals surface area contributed by atoms with Gasteiger partial charge in [-0.25, -0.2) is 4.79 Å². The Balaban J connectivity index is 1.56. The summed E-state index contributed by atoms with van der Waals surface area (Å²) in [6, 6.07) is 13.8. The summed E-state index contributed by atoms with van der Waals surface area (Å²) in [6.45, 7) is 1.26. The first-order chi connectivity index (χ1) is 12.9. The molecule has 0 aliphatic rings. The van der Waals surface area contributed by atoms with Gasteiger partial charge in [-0.15, -0.1) is 0 Å². The predicted molar refractivity (Wildman–Crippen MR) is 101 cm³/mol. The lowest BCUT2D eigenvalue weighted by atomic mass is 10.3. The van der Waals surface area contributed by atoms with E-state index in [0.29, 0.717) is 16.8 Å². The minimum atomic E-state index is -0.836. The van der Waals surface area contributed by atoms with E-state index in [9.17, 15) is 14.4 Å². The molecule has 2 aromatic carbocycles. The number of oxazole rings is 1. The molecule has 8 nitrogen and oxygen atoms in total. The van der Waals surface area contributed by atoms with Crippen LogP contribution >= 0.6 is 15.9 Å². The van der Waals surface area contributed by atoms with Crippen molar-refractivity contribution in [3.63, 3.8) is 0 Å². The lowest BCUT2D eigenvalue weighted by Gasteiger charge is -2.15. The zero-order valence-corrected chi connectivity index (χ0v) is 15.9. The first kappa shape index (κ1) is 18.7. The Hall–Kier alpha value is -3.07. The fourth-order valence-corrected chi connectivity index (χ4v) is 2.76. The lowest BCUT2D eigenvalue weighted by molar-refractivity contribution is -0.133. The maximum absolute atomic E-state index is 12.1. The maximum Gasteiger partial charge on any atom is 0.420 e. The Kier molecular flexibility index (Phi) is 5.60. The average Bonchev–Trinajstić information content (AvgIpc) is 2.95. The quantitative estimate of drug-likeness (QED) is 0.598. The molecule has 1 heterocycles. The van der Waals surface area contributed by atoms with E-state index in [4.69, 9.17) is 9.15 Å². The van der Waals surface area contributed by atoms with Gasteiger partial charge in [0.25, 0.3) is 11.8 Å². The molecule has 1 aromatic heterocycles. The maximum atomic E-state index is 12.1. The highest BCUT2D eigenvalue weighted by atomic mass is 79.9. The van der Waals surface area contributed by atoms with Gasteiger partial charge in [0.2, 0.25) is 0 Å². The molecule has 0 saturated carbocycles. The van der Waals surface area contributed by atoms with Crippen LogP contribution in [-0.2, 0) is 16.1 Å². The topological polar surface area (TPSA) is 103 Å². The van der Waals surface area contributed by atoms with E-state index in [2.05, 4.69) is 26.8 Å². The number of fused-ring (bicyclic) bond motifs is 1. The van der Waals surface area contributed by atoms with Crippen LogP contribution in [0.4, 0.5) is 0 Å². The number of aromatic nitrogens is 1. The van der Waals surface area contributed by atoms with Crippen LogP contribution in [0.1, 0.15) is 6.92 Å². The second-order valence-electron chi connectivity index (χ2n) is 5.68. The highest BCUT2D eigenvalue weighted by Crippen LogP contribution is 2.18. The molecule has 0 aliphatic heterocycles. The normalized spacial score (nSPS) is 11.8. The molecule has 0 bridgehead atoms.